The predicted molar refractivity (Wildman–Crippen MR) is 105 cm³/mol. The fraction of sp³-hybridized carbons (Fsp3) is 0.350. The summed E-state index contributed by atoms with van der Waals surface area (Å²) in [4.78, 5) is 17.0. The highest BCUT2D eigenvalue weighted by molar-refractivity contribution is 6.33. The molecule has 1 aliphatic rings. The third kappa shape index (κ3) is 4.33. The number of piperazine rings is 1. The highest BCUT2D eigenvalue weighted by Crippen LogP contribution is 2.26. The number of nitrogens with one attached hydrogen (secondary N) is 1. The second-order valence-electron chi connectivity index (χ2n) is 6.51. The van der Waals surface area contributed by atoms with E-state index in [1.54, 1.807) is 0 Å². The fourth-order valence-electron chi connectivity index (χ4n) is 3.19. The van der Waals surface area contributed by atoms with E-state index in [1.165, 1.54) is 0 Å². The van der Waals surface area contributed by atoms with Crippen molar-refractivity contribution in [2.45, 2.75) is 19.9 Å². The maximum Gasteiger partial charge on any atom is 0.241 e. The van der Waals surface area contributed by atoms with Gasteiger partial charge in [-0.3, -0.25) is 9.69 Å². The highest BCUT2D eigenvalue weighted by Gasteiger charge is 2.26. The van der Waals surface area contributed by atoms with Gasteiger partial charge in [0.15, 0.2) is 0 Å². The molecule has 1 heterocycles. The van der Waals surface area contributed by atoms with Crippen LogP contribution in [0.3, 0.4) is 0 Å². The average molecular weight is 358 g/mol. The van der Waals surface area contributed by atoms with Crippen molar-refractivity contribution in [1.82, 2.24) is 4.90 Å². The van der Waals surface area contributed by atoms with E-state index in [0.29, 0.717) is 0 Å². The van der Waals surface area contributed by atoms with Crippen LogP contribution < -0.4 is 10.2 Å². The first kappa shape index (κ1) is 17.8. The number of para-hydroxylation sites is 1. The summed E-state index contributed by atoms with van der Waals surface area (Å²) in [6.45, 7) is 7.40. The number of benzene rings is 2. The van der Waals surface area contributed by atoms with E-state index < -0.39 is 0 Å². The zero-order valence-electron chi connectivity index (χ0n) is 14.7. The van der Waals surface area contributed by atoms with Crippen molar-refractivity contribution in [3.8, 4) is 0 Å². The predicted octanol–water partition coefficient (Wildman–Crippen LogP) is 3.80. The van der Waals surface area contributed by atoms with Crippen LogP contribution in [0.4, 0.5) is 11.4 Å². The van der Waals surface area contributed by atoms with Gasteiger partial charge in [-0.05, 0) is 43.7 Å². The molecule has 1 aliphatic heterocycles. The minimum Gasteiger partial charge on any atom is -0.368 e. The quantitative estimate of drug-likeness (QED) is 0.904. The van der Waals surface area contributed by atoms with Crippen LogP contribution >= 0.6 is 11.6 Å². The first-order valence-corrected chi connectivity index (χ1v) is 9.03. The number of anilines is 2. The molecular weight excluding hydrogens is 334 g/mol. The number of halogens is 1. The molecule has 2 aromatic rings. The fourth-order valence-corrected chi connectivity index (χ4v) is 3.45. The van der Waals surface area contributed by atoms with Gasteiger partial charge in [-0.15, -0.1) is 0 Å². The summed E-state index contributed by atoms with van der Waals surface area (Å²) in [6, 6.07) is 15.6. The molecule has 5 heteroatoms. The number of carbonyl (C=O) groups is 1. The second kappa shape index (κ2) is 7.89. The monoisotopic (exact) mass is 357 g/mol. The van der Waals surface area contributed by atoms with Crippen LogP contribution in [0.15, 0.2) is 48.5 Å². The Labute approximate surface area is 154 Å². The molecule has 0 saturated carbocycles. The minimum atomic E-state index is -0.158. The number of hydrogen-bond acceptors (Lipinski definition) is 3. The first-order chi connectivity index (χ1) is 12.0. The van der Waals surface area contributed by atoms with Gasteiger partial charge in [-0.2, -0.15) is 0 Å². The Balaban J connectivity index is 1.57. The summed E-state index contributed by atoms with van der Waals surface area (Å²) < 4.78 is 0. The van der Waals surface area contributed by atoms with Crippen molar-refractivity contribution in [1.29, 1.82) is 0 Å². The molecule has 0 unspecified atom stereocenters. The van der Waals surface area contributed by atoms with Gasteiger partial charge in [0.25, 0.3) is 0 Å². The van der Waals surface area contributed by atoms with Crippen molar-refractivity contribution >= 4 is 28.9 Å². The van der Waals surface area contributed by atoms with Gasteiger partial charge in [0.1, 0.15) is 0 Å². The number of hydrogen-bond donors (Lipinski definition) is 1. The molecule has 2 aromatic carbocycles. The lowest BCUT2D eigenvalue weighted by Crippen LogP contribution is -2.52. The van der Waals surface area contributed by atoms with Crippen molar-refractivity contribution < 1.29 is 4.79 Å². The highest BCUT2D eigenvalue weighted by atomic mass is 35.5. The molecule has 0 aromatic heterocycles. The van der Waals surface area contributed by atoms with E-state index in [1.807, 2.05) is 62.4 Å². The molecule has 25 heavy (non-hydrogen) atoms. The average Bonchev–Trinajstić information content (AvgIpc) is 2.62. The molecule has 4 nitrogen and oxygen atoms in total. The van der Waals surface area contributed by atoms with E-state index in [2.05, 4.69) is 15.1 Å². The Kier molecular flexibility index (Phi) is 5.61. The Hall–Kier alpha value is -2.04. The summed E-state index contributed by atoms with van der Waals surface area (Å²) in [5.41, 5.74) is 3.06. The van der Waals surface area contributed by atoms with Gasteiger partial charge in [-0.1, -0.05) is 35.9 Å². The summed E-state index contributed by atoms with van der Waals surface area (Å²) in [5.74, 6) is 0.0387. The molecule has 132 valence electrons. The molecule has 0 spiro atoms. The van der Waals surface area contributed by atoms with Crippen LogP contribution in [0.2, 0.25) is 5.02 Å². The summed E-state index contributed by atoms with van der Waals surface area (Å²) >= 11 is 6.29. The molecular formula is C20H24ClN3O. The van der Waals surface area contributed by atoms with Crippen LogP contribution in [0.1, 0.15) is 12.5 Å². The lowest BCUT2D eigenvalue weighted by atomic mass is 10.1. The molecule has 1 atom stereocenters. The third-order valence-corrected chi connectivity index (χ3v) is 5.04. The van der Waals surface area contributed by atoms with Gasteiger partial charge in [-0.25, -0.2) is 0 Å². The maximum absolute atomic E-state index is 12.5. The smallest absolute Gasteiger partial charge is 0.241 e. The molecule has 0 bridgehead atoms. The van der Waals surface area contributed by atoms with Crippen LogP contribution in [0.5, 0.6) is 0 Å². The van der Waals surface area contributed by atoms with E-state index >= 15 is 0 Å². The first-order valence-electron chi connectivity index (χ1n) is 8.65. The van der Waals surface area contributed by atoms with E-state index in [-0.39, 0.29) is 11.9 Å². The van der Waals surface area contributed by atoms with E-state index in [9.17, 15) is 4.79 Å². The second-order valence-corrected chi connectivity index (χ2v) is 6.92. The SMILES string of the molecule is Cc1cccc(NC(=O)[C@@H](C)N2CCN(c3ccccc3Cl)CC2)c1. The molecule has 3 rings (SSSR count). The van der Waals surface area contributed by atoms with Gasteiger partial charge < -0.3 is 10.2 Å². The maximum atomic E-state index is 12.5. The zero-order chi connectivity index (χ0) is 17.8. The van der Waals surface area contributed by atoms with Crippen molar-refractivity contribution in [3.05, 3.63) is 59.1 Å². The number of aryl methyl sites for hydroxylation is 1. The Morgan fingerprint density at radius 3 is 2.48 bits per heavy atom. The van der Waals surface area contributed by atoms with E-state index in [4.69, 9.17) is 11.6 Å². The molecule has 1 fully saturated rings. The topological polar surface area (TPSA) is 35.6 Å². The molecule has 0 radical (unpaired) electrons. The van der Waals surface area contributed by atoms with Crippen molar-refractivity contribution in [2.75, 3.05) is 36.4 Å². The van der Waals surface area contributed by atoms with Crippen LogP contribution in [0, 0.1) is 6.92 Å². The van der Waals surface area contributed by atoms with Crippen LogP contribution in [-0.2, 0) is 4.79 Å². The van der Waals surface area contributed by atoms with Crippen molar-refractivity contribution in [2.24, 2.45) is 0 Å². The summed E-state index contributed by atoms with van der Waals surface area (Å²) in [7, 11) is 0. The number of nitrogens with zero attached hydrogens (tertiary/aromatic N) is 2. The number of amides is 1. The molecule has 0 aliphatic carbocycles. The number of carbonyl (C=O) groups excluding carboxylic acids is 1. The lowest BCUT2D eigenvalue weighted by Gasteiger charge is -2.38. The lowest BCUT2D eigenvalue weighted by molar-refractivity contribution is -0.120. The van der Waals surface area contributed by atoms with Gasteiger partial charge in [0.2, 0.25) is 5.91 Å². The summed E-state index contributed by atoms with van der Waals surface area (Å²) in [5, 5.41) is 3.80. The standard InChI is InChI=1S/C20H24ClN3O/c1-15-6-5-7-17(14-15)22-20(25)16(2)23-10-12-24(13-11-23)19-9-4-3-8-18(19)21/h3-9,14,16H,10-13H2,1-2H3,(H,22,25)/t16-/m1/s1. The van der Waals surface area contributed by atoms with E-state index in [0.717, 1.165) is 48.1 Å². The number of rotatable bonds is 4. The Bertz CT molecular complexity index is 741. The molecule has 1 N–H and O–H groups in total. The Morgan fingerprint density at radius 2 is 1.80 bits per heavy atom. The summed E-state index contributed by atoms with van der Waals surface area (Å²) in [6.07, 6.45) is 0. The normalized spacial score (nSPS) is 16.5. The molecule has 1 amide bonds. The van der Waals surface area contributed by atoms with Crippen molar-refractivity contribution in [3.63, 3.8) is 0 Å². The Morgan fingerprint density at radius 1 is 1.08 bits per heavy atom. The minimum absolute atomic E-state index is 0.0387. The zero-order valence-corrected chi connectivity index (χ0v) is 15.5. The van der Waals surface area contributed by atoms with Gasteiger partial charge in [0.05, 0.1) is 16.8 Å². The van der Waals surface area contributed by atoms with Crippen LogP contribution in [0.25, 0.3) is 0 Å². The largest absolute Gasteiger partial charge is 0.368 e. The third-order valence-electron chi connectivity index (χ3n) is 4.72. The van der Waals surface area contributed by atoms with Crippen LogP contribution in [-0.4, -0.2) is 43.0 Å². The van der Waals surface area contributed by atoms with Gasteiger partial charge in [0, 0.05) is 31.9 Å². The van der Waals surface area contributed by atoms with Gasteiger partial charge >= 0.3 is 0 Å². The molecule has 1 saturated heterocycles.